The Bertz CT molecular complexity index is 535. The van der Waals surface area contributed by atoms with Crippen molar-refractivity contribution in [3.8, 4) is 11.5 Å². The molecule has 19 heavy (non-hydrogen) atoms. The van der Waals surface area contributed by atoms with Gasteiger partial charge in [0.25, 0.3) is 0 Å². The number of rotatable bonds is 5. The Morgan fingerprint density at radius 1 is 1.00 bits per heavy atom. The van der Waals surface area contributed by atoms with Crippen LogP contribution in [-0.2, 0) is 13.2 Å². The Labute approximate surface area is 114 Å². The normalized spacial score (nSPS) is 10.3. The van der Waals surface area contributed by atoms with Crippen molar-refractivity contribution >= 4 is 0 Å². The number of hydrogen-bond donors (Lipinski definition) is 1. The van der Waals surface area contributed by atoms with E-state index in [0.717, 1.165) is 28.2 Å². The van der Waals surface area contributed by atoms with Gasteiger partial charge < -0.3 is 15.2 Å². The van der Waals surface area contributed by atoms with Crippen LogP contribution < -0.4 is 15.2 Å². The molecule has 0 aliphatic heterocycles. The van der Waals surface area contributed by atoms with Crippen LogP contribution >= 0.6 is 0 Å². The first kappa shape index (κ1) is 13.4. The number of aryl methyl sites for hydroxylation is 1. The van der Waals surface area contributed by atoms with Crippen LogP contribution in [0.1, 0.15) is 16.7 Å². The largest absolute Gasteiger partial charge is 0.497 e. The fourth-order valence-corrected chi connectivity index (χ4v) is 1.88. The SMILES string of the molecule is COc1ccc(COc2ccc(CN)c(C)c2)cc1. The third-order valence-electron chi connectivity index (χ3n) is 3.10. The monoisotopic (exact) mass is 257 g/mol. The van der Waals surface area contributed by atoms with E-state index < -0.39 is 0 Å². The molecule has 3 heteroatoms. The molecule has 2 rings (SSSR count). The lowest BCUT2D eigenvalue weighted by Crippen LogP contribution is -2.00. The lowest BCUT2D eigenvalue weighted by atomic mass is 10.1. The maximum atomic E-state index is 5.76. The highest BCUT2D eigenvalue weighted by Crippen LogP contribution is 2.19. The van der Waals surface area contributed by atoms with Crippen LogP contribution in [0.5, 0.6) is 11.5 Å². The van der Waals surface area contributed by atoms with Crippen LogP contribution in [0, 0.1) is 6.92 Å². The average Bonchev–Trinajstić information content (AvgIpc) is 2.46. The summed E-state index contributed by atoms with van der Waals surface area (Å²) in [6, 6.07) is 13.9. The van der Waals surface area contributed by atoms with E-state index in [1.165, 1.54) is 0 Å². The molecular formula is C16H19NO2. The molecule has 0 heterocycles. The summed E-state index contributed by atoms with van der Waals surface area (Å²) >= 11 is 0. The molecule has 0 saturated carbocycles. The van der Waals surface area contributed by atoms with Gasteiger partial charge in [-0.15, -0.1) is 0 Å². The van der Waals surface area contributed by atoms with Gasteiger partial charge in [-0.2, -0.15) is 0 Å². The molecule has 0 aliphatic carbocycles. The highest BCUT2D eigenvalue weighted by atomic mass is 16.5. The van der Waals surface area contributed by atoms with Gasteiger partial charge in [0.05, 0.1) is 7.11 Å². The summed E-state index contributed by atoms with van der Waals surface area (Å²) < 4.78 is 10.9. The van der Waals surface area contributed by atoms with Gasteiger partial charge in [-0.25, -0.2) is 0 Å². The molecule has 0 atom stereocenters. The van der Waals surface area contributed by atoms with Crippen molar-refractivity contribution in [1.82, 2.24) is 0 Å². The van der Waals surface area contributed by atoms with Crippen LogP contribution in [0.15, 0.2) is 42.5 Å². The molecule has 0 amide bonds. The van der Waals surface area contributed by atoms with Crippen LogP contribution in [0.4, 0.5) is 0 Å². The lowest BCUT2D eigenvalue weighted by Gasteiger charge is -2.09. The van der Waals surface area contributed by atoms with Crippen LogP contribution in [0.25, 0.3) is 0 Å². The van der Waals surface area contributed by atoms with E-state index in [9.17, 15) is 0 Å². The zero-order valence-electron chi connectivity index (χ0n) is 11.3. The van der Waals surface area contributed by atoms with E-state index >= 15 is 0 Å². The van der Waals surface area contributed by atoms with E-state index in [4.69, 9.17) is 15.2 Å². The molecule has 0 spiro atoms. The molecule has 0 unspecified atom stereocenters. The predicted octanol–water partition coefficient (Wildman–Crippen LogP) is 3.04. The lowest BCUT2D eigenvalue weighted by molar-refractivity contribution is 0.305. The fraction of sp³-hybridized carbons (Fsp3) is 0.250. The summed E-state index contributed by atoms with van der Waals surface area (Å²) in [5, 5.41) is 0. The molecule has 0 saturated heterocycles. The van der Waals surface area contributed by atoms with Crippen molar-refractivity contribution in [3.63, 3.8) is 0 Å². The van der Waals surface area contributed by atoms with Gasteiger partial charge in [-0.05, 0) is 47.9 Å². The van der Waals surface area contributed by atoms with Crippen LogP contribution in [-0.4, -0.2) is 7.11 Å². The Balaban J connectivity index is 1.99. The second kappa shape index (κ2) is 6.25. The highest BCUT2D eigenvalue weighted by molar-refractivity contribution is 5.35. The summed E-state index contributed by atoms with van der Waals surface area (Å²) in [5.41, 5.74) is 9.06. The third-order valence-corrected chi connectivity index (χ3v) is 3.10. The van der Waals surface area contributed by atoms with E-state index in [1.807, 2.05) is 49.4 Å². The van der Waals surface area contributed by atoms with Gasteiger partial charge in [-0.3, -0.25) is 0 Å². The average molecular weight is 257 g/mol. The van der Waals surface area contributed by atoms with Gasteiger partial charge in [0.15, 0.2) is 0 Å². The summed E-state index contributed by atoms with van der Waals surface area (Å²) in [6.45, 7) is 3.15. The molecule has 0 aliphatic rings. The zero-order chi connectivity index (χ0) is 13.7. The number of ether oxygens (including phenoxy) is 2. The molecule has 2 aromatic rings. The Hall–Kier alpha value is -2.00. The van der Waals surface area contributed by atoms with E-state index in [2.05, 4.69) is 0 Å². The van der Waals surface area contributed by atoms with Gasteiger partial charge >= 0.3 is 0 Å². The van der Waals surface area contributed by atoms with Crippen molar-refractivity contribution in [3.05, 3.63) is 59.2 Å². The van der Waals surface area contributed by atoms with Crippen molar-refractivity contribution in [2.45, 2.75) is 20.1 Å². The molecule has 0 bridgehead atoms. The quantitative estimate of drug-likeness (QED) is 0.895. The maximum Gasteiger partial charge on any atom is 0.120 e. The molecule has 2 N–H and O–H groups in total. The molecular weight excluding hydrogens is 238 g/mol. The topological polar surface area (TPSA) is 44.5 Å². The molecule has 0 fully saturated rings. The zero-order valence-corrected chi connectivity index (χ0v) is 11.3. The molecule has 2 aromatic carbocycles. The van der Waals surface area contributed by atoms with Crippen molar-refractivity contribution in [2.75, 3.05) is 7.11 Å². The van der Waals surface area contributed by atoms with Gasteiger partial charge in [-0.1, -0.05) is 18.2 Å². The molecule has 0 radical (unpaired) electrons. The minimum atomic E-state index is 0.547. The Kier molecular flexibility index (Phi) is 4.42. The molecule has 0 aromatic heterocycles. The summed E-state index contributed by atoms with van der Waals surface area (Å²) in [5.74, 6) is 1.72. The third kappa shape index (κ3) is 3.48. The van der Waals surface area contributed by atoms with E-state index in [-0.39, 0.29) is 0 Å². The Morgan fingerprint density at radius 2 is 1.68 bits per heavy atom. The number of hydrogen-bond acceptors (Lipinski definition) is 3. The maximum absolute atomic E-state index is 5.76. The first-order chi connectivity index (χ1) is 9.22. The van der Waals surface area contributed by atoms with E-state index in [1.54, 1.807) is 7.11 Å². The number of benzene rings is 2. The van der Waals surface area contributed by atoms with Gasteiger partial charge in [0, 0.05) is 6.54 Å². The summed E-state index contributed by atoms with van der Waals surface area (Å²) in [4.78, 5) is 0. The van der Waals surface area contributed by atoms with Crippen molar-refractivity contribution in [1.29, 1.82) is 0 Å². The first-order valence-corrected chi connectivity index (χ1v) is 6.28. The fourth-order valence-electron chi connectivity index (χ4n) is 1.88. The van der Waals surface area contributed by atoms with Crippen LogP contribution in [0.3, 0.4) is 0 Å². The number of methoxy groups -OCH3 is 1. The Morgan fingerprint density at radius 3 is 2.26 bits per heavy atom. The molecule has 3 nitrogen and oxygen atoms in total. The smallest absolute Gasteiger partial charge is 0.120 e. The number of nitrogens with two attached hydrogens (primary N) is 1. The first-order valence-electron chi connectivity index (χ1n) is 6.28. The van der Waals surface area contributed by atoms with Crippen molar-refractivity contribution in [2.24, 2.45) is 5.73 Å². The highest BCUT2D eigenvalue weighted by Gasteiger charge is 2.00. The van der Waals surface area contributed by atoms with E-state index in [0.29, 0.717) is 13.2 Å². The second-order valence-electron chi connectivity index (χ2n) is 4.43. The standard InChI is InChI=1S/C16H19NO2/c1-12-9-16(8-5-14(12)10-17)19-11-13-3-6-15(18-2)7-4-13/h3-9H,10-11,17H2,1-2H3. The summed E-state index contributed by atoms with van der Waals surface area (Å²) in [7, 11) is 1.66. The molecule has 100 valence electrons. The predicted molar refractivity (Wildman–Crippen MR) is 76.4 cm³/mol. The summed E-state index contributed by atoms with van der Waals surface area (Å²) in [6.07, 6.45) is 0. The van der Waals surface area contributed by atoms with Gasteiger partial charge in [0.2, 0.25) is 0 Å². The van der Waals surface area contributed by atoms with Crippen molar-refractivity contribution < 1.29 is 9.47 Å². The van der Waals surface area contributed by atoms with Crippen LogP contribution in [0.2, 0.25) is 0 Å². The minimum Gasteiger partial charge on any atom is -0.497 e. The minimum absolute atomic E-state index is 0.547. The second-order valence-corrected chi connectivity index (χ2v) is 4.43. The van der Waals surface area contributed by atoms with Gasteiger partial charge in [0.1, 0.15) is 18.1 Å².